The second kappa shape index (κ2) is 8.15. The van der Waals surface area contributed by atoms with E-state index in [1.807, 2.05) is 41.7 Å². The fourth-order valence-corrected chi connectivity index (χ4v) is 5.97. The van der Waals surface area contributed by atoms with Crippen LogP contribution >= 0.6 is 11.3 Å². The van der Waals surface area contributed by atoms with E-state index in [4.69, 9.17) is 9.97 Å². The monoisotopic (exact) mass is 464 g/mol. The minimum Gasteiger partial charge on any atom is -0.228 e. The van der Waals surface area contributed by atoms with E-state index in [2.05, 4.69) is 91.0 Å². The number of fused-ring (bicyclic) bond motifs is 4. The van der Waals surface area contributed by atoms with Crippen LogP contribution in [0.5, 0.6) is 0 Å². The first-order chi connectivity index (χ1) is 17.3. The molecule has 3 heteroatoms. The van der Waals surface area contributed by atoms with Crippen LogP contribution in [0.25, 0.3) is 64.8 Å². The van der Waals surface area contributed by atoms with E-state index in [1.54, 1.807) is 0 Å². The molecule has 35 heavy (non-hydrogen) atoms. The number of aromatic nitrogens is 2. The molecule has 7 aromatic rings. The molecule has 164 valence electrons. The van der Waals surface area contributed by atoms with E-state index >= 15 is 0 Å². The molecule has 0 fully saturated rings. The zero-order valence-electron chi connectivity index (χ0n) is 18.8. The van der Waals surface area contributed by atoms with Gasteiger partial charge in [0.15, 0.2) is 5.82 Å². The van der Waals surface area contributed by atoms with Gasteiger partial charge in [-0.15, -0.1) is 11.3 Å². The van der Waals surface area contributed by atoms with Gasteiger partial charge in [-0.25, -0.2) is 9.97 Å². The van der Waals surface area contributed by atoms with Crippen molar-refractivity contribution in [2.24, 2.45) is 0 Å². The normalized spacial score (nSPS) is 11.4. The van der Waals surface area contributed by atoms with E-state index in [0.717, 1.165) is 33.5 Å². The average Bonchev–Trinajstić information content (AvgIpc) is 3.32. The van der Waals surface area contributed by atoms with Gasteiger partial charge in [-0.1, -0.05) is 103 Å². The van der Waals surface area contributed by atoms with Crippen LogP contribution in [0.4, 0.5) is 0 Å². The van der Waals surface area contributed by atoms with Gasteiger partial charge in [0.1, 0.15) is 0 Å². The van der Waals surface area contributed by atoms with E-state index in [0.29, 0.717) is 0 Å². The molecule has 2 aromatic heterocycles. The number of nitrogens with zero attached hydrogens (tertiary/aromatic N) is 2. The molecule has 0 aliphatic heterocycles. The summed E-state index contributed by atoms with van der Waals surface area (Å²) < 4.78 is 2.65. The highest BCUT2D eigenvalue weighted by Crippen LogP contribution is 2.40. The number of hydrogen-bond donors (Lipinski definition) is 0. The van der Waals surface area contributed by atoms with Crippen molar-refractivity contribution in [3.05, 3.63) is 121 Å². The standard InChI is InChI=1S/C32H20N2S/c1-2-9-23(10-3-1)32-33-27-14-6-4-11-25(27)31(34-32)22-19-17-21(18-20-22)24-13-8-16-29-30(24)26-12-5-7-15-28(26)35-29/h1-20H. The molecule has 0 N–H and O–H groups in total. The molecule has 5 aromatic carbocycles. The largest absolute Gasteiger partial charge is 0.228 e. The van der Waals surface area contributed by atoms with Crippen molar-refractivity contribution in [2.75, 3.05) is 0 Å². The smallest absolute Gasteiger partial charge is 0.160 e. The number of thiophene rings is 1. The summed E-state index contributed by atoms with van der Waals surface area (Å²) in [5.74, 6) is 0.748. The van der Waals surface area contributed by atoms with Crippen molar-refractivity contribution in [2.45, 2.75) is 0 Å². The van der Waals surface area contributed by atoms with Gasteiger partial charge in [0.2, 0.25) is 0 Å². The molecule has 2 nitrogen and oxygen atoms in total. The summed E-state index contributed by atoms with van der Waals surface area (Å²) >= 11 is 1.85. The van der Waals surface area contributed by atoms with Crippen LogP contribution in [0.3, 0.4) is 0 Å². The maximum absolute atomic E-state index is 5.02. The first kappa shape index (κ1) is 20.1. The fraction of sp³-hybridized carbons (Fsp3) is 0. The summed E-state index contributed by atoms with van der Waals surface area (Å²) in [6.45, 7) is 0. The molecule has 0 bridgehead atoms. The maximum Gasteiger partial charge on any atom is 0.160 e. The molecule has 0 aliphatic carbocycles. The molecule has 0 saturated carbocycles. The van der Waals surface area contributed by atoms with E-state index in [-0.39, 0.29) is 0 Å². The van der Waals surface area contributed by atoms with Crippen molar-refractivity contribution in [3.8, 4) is 33.8 Å². The van der Waals surface area contributed by atoms with Gasteiger partial charge in [0.05, 0.1) is 11.2 Å². The highest BCUT2D eigenvalue weighted by Gasteiger charge is 2.13. The van der Waals surface area contributed by atoms with Gasteiger partial charge < -0.3 is 0 Å². The third-order valence-corrected chi connectivity index (χ3v) is 7.64. The molecule has 0 spiro atoms. The van der Waals surface area contributed by atoms with Gasteiger partial charge in [-0.3, -0.25) is 0 Å². The summed E-state index contributed by atoms with van der Waals surface area (Å²) in [4.78, 5) is 9.86. The summed E-state index contributed by atoms with van der Waals surface area (Å²) in [5, 5.41) is 3.71. The van der Waals surface area contributed by atoms with Gasteiger partial charge in [-0.2, -0.15) is 0 Å². The van der Waals surface area contributed by atoms with E-state index < -0.39 is 0 Å². The van der Waals surface area contributed by atoms with Crippen LogP contribution in [0.15, 0.2) is 121 Å². The lowest BCUT2D eigenvalue weighted by Crippen LogP contribution is -1.95. The zero-order chi connectivity index (χ0) is 23.2. The van der Waals surface area contributed by atoms with Crippen LogP contribution < -0.4 is 0 Å². The second-order valence-electron chi connectivity index (χ2n) is 8.63. The number of benzene rings is 5. The number of hydrogen-bond acceptors (Lipinski definition) is 3. The summed E-state index contributed by atoms with van der Waals surface area (Å²) in [6.07, 6.45) is 0. The first-order valence-corrected chi connectivity index (χ1v) is 12.5. The maximum atomic E-state index is 5.02. The minimum atomic E-state index is 0.748. The number of para-hydroxylation sites is 1. The Bertz CT molecular complexity index is 1830. The molecule has 0 amide bonds. The van der Waals surface area contributed by atoms with Crippen LogP contribution in [0.2, 0.25) is 0 Å². The van der Waals surface area contributed by atoms with Crippen molar-refractivity contribution in [1.82, 2.24) is 9.97 Å². The Balaban J connectivity index is 1.38. The molecule has 0 radical (unpaired) electrons. The van der Waals surface area contributed by atoms with Gasteiger partial charge >= 0.3 is 0 Å². The Morgan fingerprint density at radius 1 is 0.457 bits per heavy atom. The van der Waals surface area contributed by atoms with Crippen molar-refractivity contribution >= 4 is 42.4 Å². The highest BCUT2D eigenvalue weighted by molar-refractivity contribution is 7.25. The lowest BCUT2D eigenvalue weighted by atomic mass is 9.97. The van der Waals surface area contributed by atoms with Gasteiger partial charge in [-0.05, 0) is 29.3 Å². The molecule has 0 aliphatic rings. The van der Waals surface area contributed by atoms with E-state index in [9.17, 15) is 0 Å². The summed E-state index contributed by atoms with van der Waals surface area (Å²) in [5.41, 5.74) is 6.50. The topological polar surface area (TPSA) is 25.8 Å². The number of rotatable bonds is 3. The Labute approximate surface area is 207 Å². The molecular weight excluding hydrogens is 444 g/mol. The Morgan fingerprint density at radius 2 is 1.14 bits per heavy atom. The average molecular weight is 465 g/mol. The predicted molar refractivity (Wildman–Crippen MR) is 149 cm³/mol. The van der Waals surface area contributed by atoms with Crippen LogP contribution in [-0.2, 0) is 0 Å². The third-order valence-electron chi connectivity index (χ3n) is 6.51. The minimum absolute atomic E-state index is 0.748. The van der Waals surface area contributed by atoms with Crippen LogP contribution in [-0.4, -0.2) is 9.97 Å². The highest BCUT2D eigenvalue weighted by atomic mass is 32.1. The lowest BCUT2D eigenvalue weighted by Gasteiger charge is -2.11. The molecule has 0 atom stereocenters. The second-order valence-corrected chi connectivity index (χ2v) is 9.72. The quantitative estimate of drug-likeness (QED) is 0.261. The lowest BCUT2D eigenvalue weighted by molar-refractivity contribution is 1.23. The SMILES string of the molecule is c1ccc(-c2nc(-c3ccc(-c4cccc5sc6ccccc6c45)cc3)c3ccccc3n2)cc1. The molecule has 7 rings (SSSR count). The van der Waals surface area contributed by atoms with Crippen molar-refractivity contribution < 1.29 is 0 Å². The van der Waals surface area contributed by atoms with Crippen molar-refractivity contribution in [3.63, 3.8) is 0 Å². The van der Waals surface area contributed by atoms with Gasteiger partial charge in [0.25, 0.3) is 0 Å². The molecule has 2 heterocycles. The summed E-state index contributed by atoms with van der Waals surface area (Å²) in [6, 6.07) is 42.5. The molecular formula is C32H20N2S. The Morgan fingerprint density at radius 3 is 2.00 bits per heavy atom. The van der Waals surface area contributed by atoms with E-state index in [1.165, 1.54) is 31.3 Å². The fourth-order valence-electron chi connectivity index (χ4n) is 4.84. The molecule has 0 unspecified atom stereocenters. The summed E-state index contributed by atoms with van der Waals surface area (Å²) in [7, 11) is 0. The van der Waals surface area contributed by atoms with Gasteiger partial charge in [0, 0.05) is 36.7 Å². The third kappa shape index (κ3) is 3.40. The predicted octanol–water partition coefficient (Wildman–Crippen LogP) is 9.00. The van der Waals surface area contributed by atoms with Crippen molar-refractivity contribution in [1.29, 1.82) is 0 Å². The Kier molecular flexibility index (Phi) is 4.68. The van der Waals surface area contributed by atoms with Crippen LogP contribution in [0.1, 0.15) is 0 Å². The van der Waals surface area contributed by atoms with Crippen LogP contribution in [0, 0.1) is 0 Å². The molecule has 0 saturated heterocycles. The first-order valence-electron chi connectivity index (χ1n) is 11.7. The Hall–Kier alpha value is -4.34. The zero-order valence-corrected chi connectivity index (χ0v) is 19.7.